The molecule has 0 aliphatic carbocycles. The number of carbonyl (C=O) groups is 4. The van der Waals surface area contributed by atoms with E-state index in [-0.39, 0.29) is 42.7 Å². The quantitative estimate of drug-likeness (QED) is 0.0878. The first-order valence-corrected chi connectivity index (χ1v) is 19.6. The van der Waals surface area contributed by atoms with Gasteiger partial charge in [0.1, 0.15) is 23.7 Å². The molecule has 2 aliphatic heterocycles. The second kappa shape index (κ2) is 18.2. The zero-order valence-corrected chi connectivity index (χ0v) is 34.2. The predicted octanol–water partition coefficient (Wildman–Crippen LogP) is 6.02. The topological polar surface area (TPSA) is 170 Å². The molecule has 4 N–H and O–H groups in total. The maximum absolute atomic E-state index is 13.8. The summed E-state index contributed by atoms with van der Waals surface area (Å²) in [5.41, 5.74) is 6.69. The van der Waals surface area contributed by atoms with E-state index in [1.54, 1.807) is 70.9 Å². The Morgan fingerprint density at radius 3 is 2.25 bits per heavy atom. The van der Waals surface area contributed by atoms with Gasteiger partial charge in [-0.3, -0.25) is 24.2 Å². The van der Waals surface area contributed by atoms with Crippen LogP contribution in [0.25, 0.3) is 16.7 Å². The number of carbonyl (C=O) groups excluding carboxylic acids is 4. The van der Waals surface area contributed by atoms with Crippen LogP contribution in [0.2, 0.25) is 0 Å². The molecule has 5 aromatic rings. The van der Waals surface area contributed by atoms with E-state index in [1.807, 2.05) is 69.0 Å². The highest BCUT2D eigenvalue weighted by Gasteiger charge is 2.33. The van der Waals surface area contributed by atoms with Gasteiger partial charge in [-0.1, -0.05) is 24.3 Å². The molecule has 7 rings (SSSR count). The number of nitrogens with zero attached hydrogens (tertiary/aromatic N) is 4. The van der Waals surface area contributed by atoms with Crippen LogP contribution in [0.3, 0.4) is 0 Å². The maximum Gasteiger partial charge on any atom is 0.272 e. The van der Waals surface area contributed by atoms with Crippen molar-refractivity contribution >= 4 is 52.5 Å². The Hall–Kier alpha value is -7.13. The summed E-state index contributed by atoms with van der Waals surface area (Å²) in [6.07, 6.45) is 8.41. The summed E-state index contributed by atoms with van der Waals surface area (Å²) < 4.78 is 20.8. The van der Waals surface area contributed by atoms with Crippen LogP contribution < -0.4 is 35.5 Å². The largest absolute Gasteiger partial charge is 0.493 e. The molecule has 2 aliphatic rings. The lowest BCUT2D eigenvalue weighted by Crippen LogP contribution is -2.32. The average molecular weight is 813 g/mol. The molecule has 3 aromatic carbocycles. The molecule has 0 bridgehead atoms. The van der Waals surface area contributed by atoms with E-state index >= 15 is 0 Å². The van der Waals surface area contributed by atoms with Gasteiger partial charge in [-0.05, 0) is 72.6 Å². The van der Waals surface area contributed by atoms with Crippen molar-refractivity contribution in [3.8, 4) is 28.4 Å². The first-order valence-electron chi connectivity index (χ1n) is 19.6. The number of anilines is 2. The third kappa shape index (κ3) is 9.11. The summed E-state index contributed by atoms with van der Waals surface area (Å²) in [6, 6.07) is 21.7. The lowest BCUT2D eigenvalue weighted by Gasteiger charge is -2.19. The number of aromatic nitrogens is 2. The maximum atomic E-state index is 13.8. The Kier molecular flexibility index (Phi) is 12.5. The number of nitrogens with one attached hydrogen (secondary N) is 4. The molecule has 4 heterocycles. The van der Waals surface area contributed by atoms with Gasteiger partial charge in [0, 0.05) is 82.7 Å². The molecule has 310 valence electrons. The highest BCUT2D eigenvalue weighted by atomic mass is 16.5. The number of hydrogen-bond donors (Lipinski definition) is 4. The molecule has 60 heavy (non-hydrogen) atoms. The van der Waals surface area contributed by atoms with E-state index in [2.05, 4.69) is 26.3 Å². The Labute approximate surface area is 348 Å². The van der Waals surface area contributed by atoms with Crippen molar-refractivity contribution in [2.24, 2.45) is 19.1 Å². The normalized spacial score (nSPS) is 14.2. The number of likely N-dealkylation sites (N-methyl/N-ethyl adjacent to an activating group) is 1. The Morgan fingerprint density at radius 1 is 0.783 bits per heavy atom. The SMILES string of the molecule is CNCCOc1ccc(C2=CN3C(=O)c4cc(OC)c(OCCCC(=O)Nc5cc(C(=O)Nc6ccc(-c7cc(C(=O)NC)n(C)c7)cc6)n(C)c5)cc4N=CC3C2)cc1. The second-order valence-electron chi connectivity index (χ2n) is 14.5. The highest BCUT2D eigenvalue weighted by Crippen LogP contribution is 2.40. The smallest absolute Gasteiger partial charge is 0.272 e. The van der Waals surface area contributed by atoms with Crippen molar-refractivity contribution in [2.45, 2.75) is 25.3 Å². The molecular formula is C45H48N8O7. The van der Waals surface area contributed by atoms with E-state index in [4.69, 9.17) is 14.2 Å². The third-order valence-electron chi connectivity index (χ3n) is 10.3. The minimum Gasteiger partial charge on any atom is -0.493 e. The summed E-state index contributed by atoms with van der Waals surface area (Å²) in [5, 5.41) is 11.5. The Bertz CT molecular complexity index is 2470. The number of amides is 4. The van der Waals surface area contributed by atoms with Gasteiger partial charge in [0.25, 0.3) is 17.7 Å². The molecule has 15 heteroatoms. The number of ether oxygens (including phenoxy) is 3. The molecular weight excluding hydrogens is 765 g/mol. The van der Waals surface area contributed by atoms with Gasteiger partial charge in [-0.25, -0.2) is 0 Å². The fourth-order valence-electron chi connectivity index (χ4n) is 7.12. The Morgan fingerprint density at radius 2 is 1.52 bits per heavy atom. The Balaban J connectivity index is 0.901. The number of rotatable bonds is 16. The predicted molar refractivity (Wildman–Crippen MR) is 231 cm³/mol. The molecule has 15 nitrogen and oxygen atoms in total. The molecule has 0 fully saturated rings. The first-order chi connectivity index (χ1) is 29.0. The summed E-state index contributed by atoms with van der Waals surface area (Å²) >= 11 is 0. The number of aryl methyl sites for hydroxylation is 2. The zero-order chi connectivity index (χ0) is 42.3. The fraction of sp³-hybridized carbons (Fsp3) is 0.267. The molecule has 0 spiro atoms. The molecule has 4 amide bonds. The molecule has 0 saturated carbocycles. The van der Waals surface area contributed by atoms with Crippen LogP contribution in [0, 0.1) is 0 Å². The molecule has 0 saturated heterocycles. The van der Waals surface area contributed by atoms with Gasteiger partial charge in [-0.15, -0.1) is 0 Å². The molecule has 0 radical (unpaired) electrons. The first kappa shape index (κ1) is 41.0. The number of hydrogen-bond acceptors (Lipinski definition) is 9. The second-order valence-corrected chi connectivity index (χ2v) is 14.5. The van der Waals surface area contributed by atoms with Crippen LogP contribution in [-0.2, 0) is 18.9 Å². The van der Waals surface area contributed by atoms with Crippen LogP contribution in [-0.4, -0.2) is 90.9 Å². The van der Waals surface area contributed by atoms with Crippen LogP contribution in [0.4, 0.5) is 17.1 Å². The summed E-state index contributed by atoms with van der Waals surface area (Å²) in [7, 11) is 8.52. The van der Waals surface area contributed by atoms with Gasteiger partial charge in [0.15, 0.2) is 11.5 Å². The van der Waals surface area contributed by atoms with Crippen LogP contribution in [0.15, 0.2) is 96.4 Å². The molecule has 1 atom stereocenters. The summed E-state index contributed by atoms with van der Waals surface area (Å²) in [5.74, 6) is 0.658. The van der Waals surface area contributed by atoms with Gasteiger partial charge in [0.2, 0.25) is 5.91 Å². The lowest BCUT2D eigenvalue weighted by molar-refractivity contribution is -0.116. The highest BCUT2D eigenvalue weighted by molar-refractivity contribution is 6.06. The molecule has 2 aromatic heterocycles. The molecule has 1 unspecified atom stereocenters. The monoisotopic (exact) mass is 812 g/mol. The number of benzene rings is 3. The van der Waals surface area contributed by atoms with Crippen molar-refractivity contribution < 1.29 is 33.4 Å². The zero-order valence-electron chi connectivity index (χ0n) is 34.2. The van der Waals surface area contributed by atoms with E-state index in [9.17, 15) is 19.2 Å². The van der Waals surface area contributed by atoms with Crippen molar-refractivity contribution in [1.29, 1.82) is 0 Å². The number of methoxy groups -OCH3 is 1. The van der Waals surface area contributed by atoms with Crippen molar-refractivity contribution in [1.82, 2.24) is 24.7 Å². The van der Waals surface area contributed by atoms with Gasteiger partial charge in [0.05, 0.1) is 36.7 Å². The minimum atomic E-state index is -0.337. The summed E-state index contributed by atoms with van der Waals surface area (Å²) in [6.45, 7) is 1.54. The van der Waals surface area contributed by atoms with Crippen molar-refractivity contribution in [3.05, 3.63) is 114 Å². The van der Waals surface area contributed by atoms with Crippen LogP contribution in [0.1, 0.15) is 56.2 Å². The van der Waals surface area contributed by atoms with Crippen LogP contribution in [0.5, 0.6) is 17.2 Å². The van der Waals surface area contributed by atoms with Gasteiger partial charge in [-0.2, -0.15) is 0 Å². The number of aliphatic imine (C=N–C) groups is 1. The van der Waals surface area contributed by atoms with Crippen molar-refractivity contribution in [3.63, 3.8) is 0 Å². The lowest BCUT2D eigenvalue weighted by atomic mass is 10.0. The van der Waals surface area contributed by atoms with Gasteiger partial charge >= 0.3 is 0 Å². The fourth-order valence-corrected chi connectivity index (χ4v) is 7.12. The van der Waals surface area contributed by atoms with Gasteiger partial charge < -0.3 is 49.5 Å². The third-order valence-corrected chi connectivity index (χ3v) is 10.3. The van der Waals surface area contributed by atoms with E-state index in [0.717, 1.165) is 34.6 Å². The van der Waals surface area contributed by atoms with E-state index < -0.39 is 0 Å². The minimum absolute atomic E-state index is 0.163. The van der Waals surface area contributed by atoms with Crippen molar-refractivity contribution in [2.75, 3.05) is 51.6 Å². The average Bonchev–Trinajstić information content (AvgIpc) is 3.95. The van der Waals surface area contributed by atoms with Crippen LogP contribution >= 0.6 is 0 Å². The standard InChI is InChI=1S/C45H48N8O7/c1-46-16-18-59-35-14-10-29(11-15-35)30-19-34-24-48-37-23-41(40(58-5)22-36(37)45(57)53(34)26-30)60-17-6-7-42(54)49-33-21-39(52(4)27-33)44(56)50-32-12-8-28(9-13-32)31-20-38(43(55)47-2)51(3)25-31/h8-15,20-27,34,46H,6-7,16-19H2,1-5H3,(H,47,55)(H,49,54)(H,50,56). The van der Waals surface area contributed by atoms with E-state index in [0.29, 0.717) is 65.0 Å². The number of fused-ring (bicyclic) bond motifs is 2. The van der Waals surface area contributed by atoms with E-state index in [1.165, 1.54) is 7.11 Å². The summed E-state index contributed by atoms with van der Waals surface area (Å²) in [4.78, 5) is 58.4.